The van der Waals surface area contributed by atoms with Crippen molar-refractivity contribution >= 4 is 66.3 Å². The van der Waals surface area contributed by atoms with Crippen molar-refractivity contribution in [3.63, 3.8) is 0 Å². The van der Waals surface area contributed by atoms with Crippen LogP contribution in [0.15, 0.2) is 95.7 Å². The standard InChI is InChI=1S/C28H16N2S2/c1-2-6-24-23(5-1)29-27-21-15-17(25-7-3-13-31-25)9-11-19(21)20-12-10-18(26-8-4-14-32-26)16-22(20)28(27)30-24/h1-16H. The first-order valence-corrected chi connectivity index (χ1v) is 12.2. The van der Waals surface area contributed by atoms with Crippen LogP contribution in [0.4, 0.5) is 0 Å². The maximum Gasteiger partial charge on any atom is 0.0979 e. The van der Waals surface area contributed by atoms with Crippen molar-refractivity contribution in [2.75, 3.05) is 0 Å². The zero-order valence-corrected chi connectivity index (χ0v) is 18.6. The maximum absolute atomic E-state index is 5.11. The molecule has 0 saturated heterocycles. The summed E-state index contributed by atoms with van der Waals surface area (Å²) in [6, 6.07) is 30.2. The second-order valence-corrected chi connectivity index (χ2v) is 9.78. The number of aromatic nitrogens is 2. The van der Waals surface area contributed by atoms with Crippen molar-refractivity contribution in [3.8, 4) is 20.9 Å². The first-order chi connectivity index (χ1) is 15.8. The lowest BCUT2D eigenvalue weighted by Gasteiger charge is -2.12. The summed E-state index contributed by atoms with van der Waals surface area (Å²) in [5.41, 5.74) is 6.23. The van der Waals surface area contributed by atoms with Gasteiger partial charge in [-0.25, -0.2) is 9.97 Å². The highest BCUT2D eigenvalue weighted by atomic mass is 32.1. The fourth-order valence-electron chi connectivity index (χ4n) is 4.52. The van der Waals surface area contributed by atoms with Gasteiger partial charge in [-0.2, -0.15) is 0 Å². The molecule has 0 saturated carbocycles. The molecule has 0 fully saturated rings. The van der Waals surface area contributed by atoms with Gasteiger partial charge >= 0.3 is 0 Å². The molecule has 0 aliphatic heterocycles. The second kappa shape index (κ2) is 6.95. The summed E-state index contributed by atoms with van der Waals surface area (Å²) in [6.45, 7) is 0. The van der Waals surface area contributed by atoms with E-state index in [0.717, 1.165) is 32.8 Å². The summed E-state index contributed by atoms with van der Waals surface area (Å²) < 4.78 is 0. The monoisotopic (exact) mass is 444 g/mol. The minimum Gasteiger partial charge on any atom is -0.244 e. The second-order valence-electron chi connectivity index (χ2n) is 7.88. The van der Waals surface area contributed by atoms with Crippen LogP contribution in [0.2, 0.25) is 0 Å². The highest BCUT2D eigenvalue weighted by Crippen LogP contribution is 2.39. The Balaban J connectivity index is 1.66. The SMILES string of the molecule is c1csc(-c2ccc3c4ccc(-c5cccs5)cc4c4nc5ccccc5nc4c3c2)c1. The molecule has 7 rings (SSSR count). The highest BCUT2D eigenvalue weighted by Gasteiger charge is 2.14. The summed E-state index contributed by atoms with van der Waals surface area (Å²) in [7, 11) is 0. The largest absolute Gasteiger partial charge is 0.244 e. The zero-order valence-electron chi connectivity index (χ0n) is 16.9. The number of hydrogen-bond donors (Lipinski definition) is 0. The smallest absolute Gasteiger partial charge is 0.0979 e. The zero-order chi connectivity index (χ0) is 21.1. The van der Waals surface area contributed by atoms with Gasteiger partial charge in [0.1, 0.15) is 0 Å². The van der Waals surface area contributed by atoms with E-state index < -0.39 is 0 Å². The Kier molecular flexibility index (Phi) is 3.92. The molecule has 32 heavy (non-hydrogen) atoms. The Labute approximate surface area is 192 Å². The van der Waals surface area contributed by atoms with E-state index in [2.05, 4.69) is 71.4 Å². The third-order valence-corrected chi connectivity index (χ3v) is 7.86. The van der Waals surface area contributed by atoms with Gasteiger partial charge in [-0.15, -0.1) is 22.7 Å². The van der Waals surface area contributed by atoms with Crippen LogP contribution in [0.5, 0.6) is 0 Å². The molecule has 0 aliphatic rings. The van der Waals surface area contributed by atoms with Crippen LogP contribution in [0.1, 0.15) is 0 Å². The average molecular weight is 445 g/mol. The number of rotatable bonds is 2. The minimum atomic E-state index is 0.927. The Morgan fingerprint density at radius 3 is 1.41 bits per heavy atom. The van der Waals surface area contributed by atoms with Gasteiger partial charge in [0, 0.05) is 20.5 Å². The van der Waals surface area contributed by atoms with Crippen molar-refractivity contribution in [2.24, 2.45) is 0 Å². The van der Waals surface area contributed by atoms with Gasteiger partial charge < -0.3 is 0 Å². The molecular weight excluding hydrogens is 428 g/mol. The number of fused-ring (bicyclic) bond motifs is 7. The first-order valence-electron chi connectivity index (χ1n) is 10.5. The molecule has 3 aromatic heterocycles. The summed E-state index contributed by atoms with van der Waals surface area (Å²) in [6.07, 6.45) is 0. The number of nitrogens with zero attached hydrogens (tertiary/aromatic N) is 2. The van der Waals surface area contributed by atoms with Gasteiger partial charge in [-0.3, -0.25) is 0 Å². The van der Waals surface area contributed by atoms with Crippen molar-refractivity contribution < 1.29 is 0 Å². The lowest BCUT2D eigenvalue weighted by atomic mass is 9.95. The van der Waals surface area contributed by atoms with Crippen LogP contribution in [0, 0.1) is 0 Å². The molecule has 7 aromatic rings. The fraction of sp³-hybridized carbons (Fsp3) is 0. The van der Waals surface area contributed by atoms with Gasteiger partial charge in [0.25, 0.3) is 0 Å². The first kappa shape index (κ1) is 18.0. The van der Waals surface area contributed by atoms with Gasteiger partial charge in [-0.1, -0.05) is 48.5 Å². The van der Waals surface area contributed by atoms with E-state index in [0.29, 0.717) is 0 Å². The fourth-order valence-corrected chi connectivity index (χ4v) is 5.97. The van der Waals surface area contributed by atoms with Gasteiger partial charge in [0.15, 0.2) is 0 Å². The molecule has 0 aliphatic carbocycles. The number of benzene rings is 4. The molecule has 3 heterocycles. The summed E-state index contributed by atoms with van der Waals surface area (Å²) in [5.74, 6) is 0. The molecule has 150 valence electrons. The lowest BCUT2D eigenvalue weighted by Crippen LogP contribution is -1.92. The van der Waals surface area contributed by atoms with Crippen molar-refractivity contribution in [1.82, 2.24) is 9.97 Å². The van der Waals surface area contributed by atoms with E-state index in [4.69, 9.17) is 9.97 Å². The van der Waals surface area contributed by atoms with Crippen LogP contribution in [0.3, 0.4) is 0 Å². The average Bonchev–Trinajstić information content (AvgIpc) is 3.57. The Bertz CT molecular complexity index is 1630. The van der Waals surface area contributed by atoms with E-state index in [1.807, 2.05) is 24.3 Å². The van der Waals surface area contributed by atoms with Gasteiger partial charge in [-0.05, 0) is 69.1 Å². The van der Waals surface area contributed by atoms with Crippen LogP contribution in [-0.2, 0) is 0 Å². The van der Waals surface area contributed by atoms with Crippen LogP contribution < -0.4 is 0 Å². The number of hydrogen-bond acceptors (Lipinski definition) is 4. The molecule has 0 unspecified atom stereocenters. The number of para-hydroxylation sites is 2. The molecule has 0 atom stereocenters. The van der Waals surface area contributed by atoms with Crippen molar-refractivity contribution in [2.45, 2.75) is 0 Å². The molecule has 0 N–H and O–H groups in total. The van der Waals surface area contributed by atoms with E-state index in [-0.39, 0.29) is 0 Å². The van der Waals surface area contributed by atoms with E-state index in [1.165, 1.54) is 31.7 Å². The molecule has 4 aromatic carbocycles. The quantitative estimate of drug-likeness (QED) is 0.197. The van der Waals surface area contributed by atoms with Crippen molar-refractivity contribution in [1.29, 1.82) is 0 Å². The molecule has 0 amide bonds. The van der Waals surface area contributed by atoms with Crippen LogP contribution in [0.25, 0.3) is 64.5 Å². The van der Waals surface area contributed by atoms with Gasteiger partial charge in [0.2, 0.25) is 0 Å². The predicted molar refractivity (Wildman–Crippen MR) is 139 cm³/mol. The minimum absolute atomic E-state index is 0.927. The van der Waals surface area contributed by atoms with Crippen LogP contribution >= 0.6 is 22.7 Å². The molecule has 0 bridgehead atoms. The Hall–Kier alpha value is -3.60. The van der Waals surface area contributed by atoms with Crippen LogP contribution in [-0.4, -0.2) is 9.97 Å². The van der Waals surface area contributed by atoms with E-state index in [9.17, 15) is 0 Å². The Morgan fingerprint density at radius 2 is 0.969 bits per heavy atom. The van der Waals surface area contributed by atoms with E-state index >= 15 is 0 Å². The third kappa shape index (κ3) is 2.70. The topological polar surface area (TPSA) is 25.8 Å². The molecular formula is C28H16N2S2. The summed E-state index contributed by atoms with van der Waals surface area (Å²) >= 11 is 3.52. The Morgan fingerprint density at radius 1 is 0.469 bits per heavy atom. The molecule has 0 spiro atoms. The number of thiophene rings is 2. The molecule has 0 radical (unpaired) electrons. The normalized spacial score (nSPS) is 11.8. The van der Waals surface area contributed by atoms with Gasteiger partial charge in [0.05, 0.1) is 22.1 Å². The summed E-state index contributed by atoms with van der Waals surface area (Å²) in [4.78, 5) is 12.8. The predicted octanol–water partition coefficient (Wildman–Crippen LogP) is 8.55. The van der Waals surface area contributed by atoms with E-state index in [1.54, 1.807) is 22.7 Å². The molecule has 4 heteroatoms. The highest BCUT2D eigenvalue weighted by molar-refractivity contribution is 7.13. The lowest BCUT2D eigenvalue weighted by molar-refractivity contribution is 1.42. The molecule has 2 nitrogen and oxygen atoms in total. The van der Waals surface area contributed by atoms with Crippen molar-refractivity contribution in [3.05, 3.63) is 95.7 Å². The third-order valence-electron chi connectivity index (χ3n) is 6.02. The maximum atomic E-state index is 5.11. The summed E-state index contributed by atoms with van der Waals surface area (Å²) in [5, 5.41) is 8.99.